The van der Waals surface area contributed by atoms with Gasteiger partial charge in [0.25, 0.3) is 0 Å². The van der Waals surface area contributed by atoms with Crippen molar-refractivity contribution >= 4 is 80.3 Å². The lowest BCUT2D eigenvalue weighted by atomic mass is 10.1. The van der Waals surface area contributed by atoms with Crippen LogP contribution < -0.4 is 4.74 Å². The molecular formula is C28H21Cl5N8O2. The number of hydrogen-bond donors (Lipinski definition) is 1. The topological polar surface area (TPSA) is 117 Å². The standard InChI is InChI=1S/C18H11Cl3N4O.C10H10Cl2N4O/c19-12-7-13(20)14(26-8-10-4-2-1-3-5-10)6-11(12)15-16-17(23-9-22-16)25-18(21)24-15;11-8-7-9(15-10(12)14-8)16(5-13-7)6-3-1-2-4-17-6/h1-7,9H,8H2,(H,22,23,24,25);5-6H,1-4H2. The molecule has 1 saturated heterocycles. The Morgan fingerprint density at radius 1 is 0.907 bits per heavy atom. The van der Waals surface area contributed by atoms with Crippen LogP contribution in [-0.4, -0.2) is 46.1 Å². The van der Waals surface area contributed by atoms with Crippen molar-refractivity contribution in [2.75, 3.05) is 6.61 Å². The molecule has 10 nitrogen and oxygen atoms in total. The highest BCUT2D eigenvalue weighted by Crippen LogP contribution is 2.38. The molecule has 4 aromatic heterocycles. The number of nitrogens with one attached hydrogen (secondary N) is 1. The molecule has 0 bridgehead atoms. The maximum Gasteiger partial charge on any atom is 0.225 e. The predicted molar refractivity (Wildman–Crippen MR) is 167 cm³/mol. The van der Waals surface area contributed by atoms with E-state index in [1.54, 1.807) is 18.5 Å². The molecule has 1 aliphatic heterocycles. The van der Waals surface area contributed by atoms with E-state index in [0.29, 0.717) is 56.0 Å². The summed E-state index contributed by atoms with van der Waals surface area (Å²) in [7, 11) is 0. The smallest absolute Gasteiger partial charge is 0.225 e. The Balaban J connectivity index is 0.000000167. The van der Waals surface area contributed by atoms with Crippen LogP contribution >= 0.6 is 58.0 Å². The van der Waals surface area contributed by atoms with Crippen LogP contribution in [0.2, 0.25) is 25.8 Å². The average molecular weight is 679 g/mol. The van der Waals surface area contributed by atoms with Crippen LogP contribution in [0.15, 0.2) is 55.1 Å². The summed E-state index contributed by atoms with van der Waals surface area (Å²) >= 11 is 30.5. The van der Waals surface area contributed by atoms with Crippen molar-refractivity contribution in [1.29, 1.82) is 0 Å². The average Bonchev–Trinajstić information content (AvgIpc) is 3.65. The zero-order valence-corrected chi connectivity index (χ0v) is 25.9. The van der Waals surface area contributed by atoms with E-state index >= 15 is 0 Å². The Labute approximate surface area is 270 Å². The lowest BCUT2D eigenvalue weighted by Crippen LogP contribution is -2.17. The first-order valence-corrected chi connectivity index (χ1v) is 15.0. The number of benzene rings is 2. The Morgan fingerprint density at radius 2 is 1.72 bits per heavy atom. The molecule has 2 aromatic carbocycles. The molecule has 1 aliphatic rings. The largest absolute Gasteiger partial charge is 0.487 e. The number of halogens is 5. The van der Waals surface area contributed by atoms with Crippen molar-refractivity contribution < 1.29 is 9.47 Å². The van der Waals surface area contributed by atoms with Crippen LogP contribution in [0.25, 0.3) is 33.6 Å². The lowest BCUT2D eigenvalue weighted by molar-refractivity contribution is -0.0298. The van der Waals surface area contributed by atoms with Gasteiger partial charge in [-0.15, -0.1) is 0 Å². The predicted octanol–water partition coefficient (Wildman–Crippen LogP) is 8.39. The molecular weight excluding hydrogens is 658 g/mol. The van der Waals surface area contributed by atoms with Gasteiger partial charge in [-0.25, -0.2) is 19.9 Å². The van der Waals surface area contributed by atoms with Crippen molar-refractivity contribution in [1.82, 2.24) is 39.5 Å². The molecule has 0 amide bonds. The molecule has 43 heavy (non-hydrogen) atoms. The number of ether oxygens (including phenoxy) is 2. The molecule has 1 unspecified atom stereocenters. The van der Waals surface area contributed by atoms with Gasteiger partial charge in [0.2, 0.25) is 10.6 Å². The maximum absolute atomic E-state index is 6.40. The third-order valence-electron chi connectivity index (χ3n) is 6.59. The monoisotopic (exact) mass is 676 g/mol. The van der Waals surface area contributed by atoms with E-state index in [1.165, 1.54) is 6.33 Å². The first-order valence-electron chi connectivity index (χ1n) is 13.1. The summed E-state index contributed by atoms with van der Waals surface area (Å²) in [5.74, 6) is 0.498. The second kappa shape index (κ2) is 13.2. The number of imidazole rings is 2. The fourth-order valence-corrected chi connectivity index (χ4v) is 5.68. The summed E-state index contributed by atoms with van der Waals surface area (Å²) in [6, 6.07) is 13.2. The Morgan fingerprint density at radius 3 is 2.51 bits per heavy atom. The number of aromatic nitrogens is 8. The van der Waals surface area contributed by atoms with Crippen molar-refractivity contribution in [3.63, 3.8) is 0 Å². The van der Waals surface area contributed by atoms with E-state index < -0.39 is 0 Å². The number of H-pyrrole nitrogens is 1. The highest BCUT2D eigenvalue weighted by molar-refractivity contribution is 6.37. The minimum absolute atomic E-state index is 0.0317. The van der Waals surface area contributed by atoms with E-state index in [0.717, 1.165) is 31.4 Å². The Kier molecular flexibility index (Phi) is 9.13. The van der Waals surface area contributed by atoms with Gasteiger partial charge in [-0.05, 0) is 60.2 Å². The van der Waals surface area contributed by atoms with Crippen LogP contribution in [0.1, 0.15) is 31.1 Å². The van der Waals surface area contributed by atoms with Gasteiger partial charge in [-0.1, -0.05) is 65.1 Å². The molecule has 1 fully saturated rings. The van der Waals surface area contributed by atoms with Crippen LogP contribution in [-0.2, 0) is 11.3 Å². The van der Waals surface area contributed by atoms with Crippen LogP contribution in [0, 0.1) is 0 Å². The molecule has 220 valence electrons. The zero-order valence-electron chi connectivity index (χ0n) is 22.1. The number of aromatic amines is 1. The van der Waals surface area contributed by atoms with E-state index in [9.17, 15) is 0 Å². The molecule has 1 N–H and O–H groups in total. The normalized spacial score (nSPS) is 15.0. The molecule has 0 saturated carbocycles. The van der Waals surface area contributed by atoms with Crippen molar-refractivity contribution in [3.8, 4) is 17.0 Å². The van der Waals surface area contributed by atoms with Gasteiger partial charge in [-0.3, -0.25) is 4.57 Å². The minimum Gasteiger partial charge on any atom is -0.487 e. The summed E-state index contributed by atoms with van der Waals surface area (Å²) < 4.78 is 13.4. The van der Waals surface area contributed by atoms with Crippen LogP contribution in [0.5, 0.6) is 5.75 Å². The lowest BCUT2D eigenvalue weighted by Gasteiger charge is -2.23. The van der Waals surface area contributed by atoms with Gasteiger partial charge in [0.05, 0.1) is 22.7 Å². The quantitative estimate of drug-likeness (QED) is 0.143. The number of nitrogens with zero attached hydrogens (tertiary/aromatic N) is 7. The van der Waals surface area contributed by atoms with Crippen molar-refractivity contribution in [2.45, 2.75) is 32.1 Å². The van der Waals surface area contributed by atoms with Gasteiger partial charge < -0.3 is 14.5 Å². The fourth-order valence-electron chi connectivity index (χ4n) is 4.57. The van der Waals surface area contributed by atoms with Gasteiger partial charge in [0.1, 0.15) is 35.3 Å². The van der Waals surface area contributed by atoms with E-state index in [4.69, 9.17) is 67.5 Å². The Hall–Kier alpha value is -3.25. The first-order chi connectivity index (χ1) is 20.9. The second-order valence-electron chi connectivity index (χ2n) is 9.41. The fraction of sp³-hybridized carbons (Fsp3) is 0.214. The second-order valence-corrected chi connectivity index (χ2v) is 11.3. The molecule has 0 aliphatic carbocycles. The molecule has 15 heteroatoms. The maximum atomic E-state index is 6.40. The third-order valence-corrected chi connectivity index (χ3v) is 7.80. The van der Waals surface area contributed by atoms with Crippen LogP contribution in [0.4, 0.5) is 0 Å². The van der Waals surface area contributed by atoms with Crippen molar-refractivity contribution in [3.05, 3.63) is 86.4 Å². The summed E-state index contributed by atoms with van der Waals surface area (Å²) in [6.45, 7) is 1.14. The highest BCUT2D eigenvalue weighted by atomic mass is 35.5. The van der Waals surface area contributed by atoms with Gasteiger partial charge in [-0.2, -0.15) is 9.97 Å². The minimum atomic E-state index is -0.0317. The molecule has 0 spiro atoms. The first kappa shape index (κ1) is 29.8. The summed E-state index contributed by atoms with van der Waals surface area (Å²) in [4.78, 5) is 27.7. The van der Waals surface area contributed by atoms with Gasteiger partial charge >= 0.3 is 0 Å². The van der Waals surface area contributed by atoms with E-state index in [1.807, 2.05) is 34.9 Å². The van der Waals surface area contributed by atoms with Crippen molar-refractivity contribution in [2.24, 2.45) is 0 Å². The molecule has 1 atom stereocenters. The van der Waals surface area contributed by atoms with Crippen LogP contribution in [0.3, 0.4) is 0 Å². The SMILES string of the molecule is Clc1nc(-c2cc(OCc3ccccc3)c(Cl)cc2Cl)c2[nH]cnc2n1.Clc1nc(Cl)c2ncn(C3CCCCO3)c2n1. The number of hydrogen-bond acceptors (Lipinski definition) is 8. The van der Waals surface area contributed by atoms with E-state index in [2.05, 4.69) is 34.9 Å². The number of rotatable bonds is 5. The Bertz CT molecular complexity index is 1890. The van der Waals surface area contributed by atoms with Gasteiger partial charge in [0, 0.05) is 12.2 Å². The summed E-state index contributed by atoms with van der Waals surface area (Å²) in [6.07, 6.45) is 6.35. The molecule has 7 rings (SSSR count). The molecule has 5 heterocycles. The highest BCUT2D eigenvalue weighted by Gasteiger charge is 2.21. The van der Waals surface area contributed by atoms with E-state index in [-0.39, 0.29) is 21.9 Å². The molecule has 6 aromatic rings. The molecule has 0 radical (unpaired) electrons. The summed E-state index contributed by atoms with van der Waals surface area (Å²) in [5, 5.41) is 1.32. The zero-order chi connectivity index (χ0) is 29.9. The summed E-state index contributed by atoms with van der Waals surface area (Å²) in [5.41, 5.74) is 4.46. The van der Waals surface area contributed by atoms with Gasteiger partial charge in [0.15, 0.2) is 16.4 Å². The number of fused-ring (bicyclic) bond motifs is 2. The third kappa shape index (κ3) is 6.64.